The number of aryl methyl sites for hydroxylation is 2. The highest BCUT2D eigenvalue weighted by Crippen LogP contribution is 2.23. The quantitative estimate of drug-likeness (QED) is 0.690. The largest absolute Gasteiger partial charge is 0.479 e. The Morgan fingerprint density at radius 1 is 1.35 bits per heavy atom. The Balaban J connectivity index is 2.48. The summed E-state index contributed by atoms with van der Waals surface area (Å²) in [7, 11) is 0. The first-order valence-electron chi connectivity index (χ1n) is 6.15. The maximum Gasteiger partial charge on any atom is 0.337 e. The van der Waals surface area contributed by atoms with Crippen molar-refractivity contribution in [2.75, 3.05) is 12.3 Å². The number of carbonyl (C=O) groups excluding carboxylic acids is 1. The van der Waals surface area contributed by atoms with Crippen molar-refractivity contribution in [2.24, 2.45) is 0 Å². The van der Waals surface area contributed by atoms with Crippen molar-refractivity contribution in [3.63, 3.8) is 0 Å². The van der Waals surface area contributed by atoms with E-state index < -0.39 is 11.6 Å². The first-order valence-corrected chi connectivity index (χ1v) is 7.13. The molecule has 0 aliphatic carbocycles. The molecular formula is C14H19NO4S. The van der Waals surface area contributed by atoms with Crippen LogP contribution >= 0.6 is 11.8 Å². The highest BCUT2D eigenvalue weighted by Gasteiger charge is 2.30. The summed E-state index contributed by atoms with van der Waals surface area (Å²) in [4.78, 5) is 23.4. The van der Waals surface area contributed by atoms with E-state index in [2.05, 4.69) is 5.32 Å². The summed E-state index contributed by atoms with van der Waals surface area (Å²) in [6.07, 6.45) is 0. The smallest absolute Gasteiger partial charge is 0.337 e. The van der Waals surface area contributed by atoms with Crippen LogP contribution in [0.25, 0.3) is 0 Å². The van der Waals surface area contributed by atoms with Crippen LogP contribution < -0.4 is 5.32 Å². The van der Waals surface area contributed by atoms with Crippen LogP contribution in [0.15, 0.2) is 23.1 Å². The molecule has 3 N–H and O–H groups in total. The van der Waals surface area contributed by atoms with Crippen molar-refractivity contribution in [1.82, 2.24) is 5.32 Å². The third-order valence-electron chi connectivity index (χ3n) is 2.79. The molecule has 0 heterocycles. The molecule has 0 saturated heterocycles. The number of carboxylic acids is 1. The van der Waals surface area contributed by atoms with Gasteiger partial charge < -0.3 is 15.5 Å². The minimum Gasteiger partial charge on any atom is -0.479 e. The van der Waals surface area contributed by atoms with Gasteiger partial charge in [0.2, 0.25) is 5.91 Å². The summed E-state index contributed by atoms with van der Waals surface area (Å²) in [6, 6.07) is 6.00. The number of rotatable bonds is 6. The zero-order valence-corrected chi connectivity index (χ0v) is 12.6. The topological polar surface area (TPSA) is 86.6 Å². The molecule has 1 amide bonds. The van der Waals surface area contributed by atoms with Crippen LogP contribution in [-0.2, 0) is 9.59 Å². The molecule has 20 heavy (non-hydrogen) atoms. The Bertz CT molecular complexity index is 514. The highest BCUT2D eigenvalue weighted by atomic mass is 32.2. The van der Waals surface area contributed by atoms with Crippen LogP contribution in [0, 0.1) is 13.8 Å². The van der Waals surface area contributed by atoms with Gasteiger partial charge in [-0.05, 0) is 32.4 Å². The van der Waals surface area contributed by atoms with Gasteiger partial charge in [-0.3, -0.25) is 4.79 Å². The molecule has 110 valence electrons. The van der Waals surface area contributed by atoms with E-state index in [1.807, 2.05) is 32.0 Å². The first kappa shape index (κ1) is 16.5. The number of aliphatic carboxylic acids is 1. The zero-order chi connectivity index (χ0) is 15.3. The van der Waals surface area contributed by atoms with E-state index in [-0.39, 0.29) is 18.2 Å². The first-order chi connectivity index (χ1) is 9.22. The van der Waals surface area contributed by atoms with Gasteiger partial charge in [-0.25, -0.2) is 4.79 Å². The maximum absolute atomic E-state index is 11.6. The number of amides is 1. The fraction of sp³-hybridized carbons (Fsp3) is 0.429. The van der Waals surface area contributed by atoms with Gasteiger partial charge in [0.1, 0.15) is 0 Å². The minimum absolute atomic E-state index is 0.181. The molecule has 0 aromatic heterocycles. The van der Waals surface area contributed by atoms with E-state index in [0.29, 0.717) is 0 Å². The molecule has 0 aliphatic rings. The van der Waals surface area contributed by atoms with Gasteiger partial charge >= 0.3 is 5.97 Å². The van der Waals surface area contributed by atoms with E-state index >= 15 is 0 Å². The summed E-state index contributed by atoms with van der Waals surface area (Å²) < 4.78 is 0. The Kier molecular flexibility index (Phi) is 5.59. The second-order valence-corrected chi connectivity index (χ2v) is 5.93. The predicted octanol–water partition coefficient (Wildman–Crippen LogP) is 1.35. The molecule has 6 heteroatoms. The number of thioether (sulfide) groups is 1. The minimum atomic E-state index is -1.94. The number of aliphatic hydroxyl groups is 1. The Morgan fingerprint density at radius 2 is 2.00 bits per heavy atom. The second-order valence-electron chi connectivity index (χ2n) is 4.91. The predicted molar refractivity (Wildman–Crippen MR) is 77.9 cm³/mol. The van der Waals surface area contributed by atoms with Crippen LogP contribution in [0.4, 0.5) is 0 Å². The molecule has 0 fully saturated rings. The molecule has 0 radical (unpaired) electrons. The van der Waals surface area contributed by atoms with E-state index in [4.69, 9.17) is 5.11 Å². The second kappa shape index (κ2) is 6.76. The zero-order valence-electron chi connectivity index (χ0n) is 11.8. The van der Waals surface area contributed by atoms with Gasteiger partial charge in [-0.15, -0.1) is 11.8 Å². The van der Waals surface area contributed by atoms with Crippen LogP contribution in [0.3, 0.4) is 0 Å². The van der Waals surface area contributed by atoms with Crippen molar-refractivity contribution >= 4 is 23.6 Å². The lowest BCUT2D eigenvalue weighted by Crippen LogP contribution is -2.46. The Hall–Kier alpha value is -1.53. The molecular weight excluding hydrogens is 278 g/mol. The molecule has 1 aromatic rings. The lowest BCUT2D eigenvalue weighted by atomic mass is 10.1. The molecule has 1 unspecified atom stereocenters. The average Bonchev–Trinajstić information content (AvgIpc) is 2.37. The van der Waals surface area contributed by atoms with Gasteiger partial charge in [-0.1, -0.05) is 17.7 Å². The normalized spacial score (nSPS) is 13.6. The Labute approximate surface area is 122 Å². The summed E-state index contributed by atoms with van der Waals surface area (Å²) in [5.41, 5.74) is 0.262. The van der Waals surface area contributed by atoms with Crippen LogP contribution in [0.5, 0.6) is 0 Å². The molecule has 1 atom stereocenters. The number of benzene rings is 1. The highest BCUT2D eigenvalue weighted by molar-refractivity contribution is 8.00. The van der Waals surface area contributed by atoms with E-state index in [0.717, 1.165) is 22.9 Å². The summed E-state index contributed by atoms with van der Waals surface area (Å²) >= 11 is 1.39. The molecule has 0 saturated carbocycles. The van der Waals surface area contributed by atoms with Gasteiger partial charge in [-0.2, -0.15) is 0 Å². The van der Waals surface area contributed by atoms with Crippen molar-refractivity contribution < 1.29 is 19.8 Å². The van der Waals surface area contributed by atoms with E-state index in [1.54, 1.807) is 0 Å². The number of carbonyl (C=O) groups is 2. The molecule has 0 bridgehead atoms. The Morgan fingerprint density at radius 3 is 2.60 bits per heavy atom. The van der Waals surface area contributed by atoms with E-state index in [1.165, 1.54) is 11.8 Å². The third-order valence-corrected chi connectivity index (χ3v) is 3.95. The number of carboxylic acid groups (broad SMARTS) is 1. The van der Waals surface area contributed by atoms with E-state index in [9.17, 15) is 14.7 Å². The van der Waals surface area contributed by atoms with Crippen molar-refractivity contribution in [2.45, 2.75) is 31.3 Å². The van der Waals surface area contributed by atoms with Gasteiger partial charge in [0.05, 0.1) is 12.3 Å². The molecule has 1 aromatic carbocycles. The lowest BCUT2D eigenvalue weighted by Gasteiger charge is -2.18. The van der Waals surface area contributed by atoms with Gasteiger partial charge in [0.15, 0.2) is 5.60 Å². The van der Waals surface area contributed by atoms with Crippen LogP contribution in [-0.4, -0.2) is 40.0 Å². The monoisotopic (exact) mass is 297 g/mol. The van der Waals surface area contributed by atoms with Gasteiger partial charge in [0, 0.05) is 4.90 Å². The number of hydrogen-bond donors (Lipinski definition) is 3. The fourth-order valence-electron chi connectivity index (χ4n) is 1.40. The fourth-order valence-corrected chi connectivity index (χ4v) is 2.36. The van der Waals surface area contributed by atoms with Crippen LogP contribution in [0.1, 0.15) is 18.1 Å². The van der Waals surface area contributed by atoms with Crippen LogP contribution in [0.2, 0.25) is 0 Å². The summed E-state index contributed by atoms with van der Waals surface area (Å²) in [5.74, 6) is -1.49. The standard InChI is InChI=1S/C14H19NO4S/c1-9-4-5-10(2)11(6-9)20-7-12(16)15-8-14(3,19)13(17)18/h4-6,19H,7-8H2,1-3H3,(H,15,16)(H,17,18). The average molecular weight is 297 g/mol. The van der Waals surface area contributed by atoms with Crippen molar-refractivity contribution in [3.05, 3.63) is 29.3 Å². The maximum atomic E-state index is 11.6. The number of nitrogens with one attached hydrogen (secondary N) is 1. The SMILES string of the molecule is Cc1ccc(C)c(SCC(=O)NCC(C)(O)C(=O)O)c1. The summed E-state index contributed by atoms with van der Waals surface area (Å²) in [6.45, 7) is 4.78. The lowest BCUT2D eigenvalue weighted by molar-refractivity contribution is -0.156. The summed E-state index contributed by atoms with van der Waals surface area (Å²) in [5, 5.41) is 20.6. The van der Waals surface area contributed by atoms with Crippen molar-refractivity contribution in [1.29, 1.82) is 0 Å². The molecule has 1 rings (SSSR count). The molecule has 0 spiro atoms. The van der Waals surface area contributed by atoms with Gasteiger partial charge in [0.25, 0.3) is 0 Å². The third kappa shape index (κ3) is 4.86. The van der Waals surface area contributed by atoms with Crippen molar-refractivity contribution in [3.8, 4) is 0 Å². The molecule has 0 aliphatic heterocycles. The number of hydrogen-bond acceptors (Lipinski definition) is 4. The molecule has 5 nitrogen and oxygen atoms in total.